The highest BCUT2D eigenvalue weighted by atomic mass is 14.8. The van der Waals surface area contributed by atoms with Crippen molar-refractivity contribution in [3.05, 3.63) is 78.4 Å². The van der Waals surface area contributed by atoms with Crippen LogP contribution in [0.2, 0.25) is 0 Å². The summed E-state index contributed by atoms with van der Waals surface area (Å²) in [7, 11) is 0. The Balaban J connectivity index is 1.78. The molecule has 0 amide bonds. The molecule has 0 saturated heterocycles. The van der Waals surface area contributed by atoms with Gasteiger partial charge >= 0.3 is 0 Å². The molecule has 2 aromatic carbocycles. The van der Waals surface area contributed by atoms with E-state index in [4.69, 9.17) is 0 Å². The van der Waals surface area contributed by atoms with Gasteiger partial charge in [0.05, 0.1) is 0 Å². The molecule has 0 aliphatic carbocycles. The smallest absolute Gasteiger partial charge is 0.0342 e. The van der Waals surface area contributed by atoms with Gasteiger partial charge in [0.1, 0.15) is 0 Å². The molecule has 0 heterocycles. The van der Waals surface area contributed by atoms with Crippen LogP contribution in [0, 0.1) is 11.8 Å². The molecule has 0 fully saturated rings. The molecule has 0 unspecified atom stereocenters. The summed E-state index contributed by atoms with van der Waals surface area (Å²) >= 11 is 0. The van der Waals surface area contributed by atoms with Crippen molar-refractivity contribution in [1.82, 2.24) is 0 Å². The number of rotatable bonds is 3. The first-order chi connectivity index (χ1) is 8.95. The van der Waals surface area contributed by atoms with E-state index in [1.54, 1.807) is 0 Å². The van der Waals surface area contributed by atoms with E-state index < -0.39 is 0 Å². The molecule has 88 valence electrons. The van der Waals surface area contributed by atoms with Crippen molar-refractivity contribution in [2.75, 3.05) is 11.9 Å². The first-order valence-electron chi connectivity index (χ1n) is 5.96. The molecule has 1 N–H and O–H groups in total. The van der Waals surface area contributed by atoms with Crippen LogP contribution in [0.4, 0.5) is 5.69 Å². The number of para-hydroxylation sites is 1. The molecule has 18 heavy (non-hydrogen) atoms. The highest BCUT2D eigenvalue weighted by molar-refractivity contribution is 5.43. The molecule has 0 bridgehead atoms. The predicted octanol–water partition coefficient (Wildman–Crippen LogP) is 3.71. The molecule has 0 aromatic heterocycles. The summed E-state index contributed by atoms with van der Waals surface area (Å²) < 4.78 is 0. The van der Waals surface area contributed by atoms with Crippen LogP contribution < -0.4 is 5.32 Å². The van der Waals surface area contributed by atoms with Crippen molar-refractivity contribution < 1.29 is 0 Å². The zero-order valence-corrected chi connectivity index (χ0v) is 10.1. The summed E-state index contributed by atoms with van der Waals surface area (Å²) in [6.45, 7) is 0.785. The van der Waals surface area contributed by atoms with Crippen molar-refractivity contribution >= 4 is 5.69 Å². The van der Waals surface area contributed by atoms with Crippen molar-refractivity contribution in [3.8, 4) is 11.8 Å². The number of anilines is 1. The molecule has 0 saturated carbocycles. The van der Waals surface area contributed by atoms with Crippen LogP contribution in [0.5, 0.6) is 0 Å². The van der Waals surface area contributed by atoms with Crippen LogP contribution in [0.25, 0.3) is 0 Å². The third-order valence-electron chi connectivity index (χ3n) is 2.39. The van der Waals surface area contributed by atoms with E-state index in [1.807, 2.05) is 72.8 Å². The average molecular weight is 233 g/mol. The molecular weight excluding hydrogens is 218 g/mol. The summed E-state index contributed by atoms with van der Waals surface area (Å²) in [6.07, 6.45) is 3.89. The maximum atomic E-state index is 3.29. The fourth-order valence-electron chi connectivity index (χ4n) is 1.50. The monoisotopic (exact) mass is 233 g/mol. The number of allylic oxidation sites excluding steroid dienone is 1. The molecule has 0 atom stereocenters. The van der Waals surface area contributed by atoms with Gasteiger partial charge < -0.3 is 5.32 Å². The van der Waals surface area contributed by atoms with Gasteiger partial charge in [-0.05, 0) is 30.3 Å². The Morgan fingerprint density at radius 3 is 2.28 bits per heavy atom. The quantitative estimate of drug-likeness (QED) is 0.797. The summed E-state index contributed by atoms with van der Waals surface area (Å²) in [4.78, 5) is 0. The van der Waals surface area contributed by atoms with Crippen LogP contribution in [-0.2, 0) is 0 Å². The van der Waals surface area contributed by atoms with Gasteiger partial charge in [0.15, 0.2) is 0 Å². The lowest BCUT2D eigenvalue weighted by Crippen LogP contribution is -1.96. The lowest BCUT2D eigenvalue weighted by Gasteiger charge is -2.00. The van der Waals surface area contributed by atoms with Crippen molar-refractivity contribution in [1.29, 1.82) is 0 Å². The van der Waals surface area contributed by atoms with E-state index >= 15 is 0 Å². The van der Waals surface area contributed by atoms with Crippen molar-refractivity contribution in [2.45, 2.75) is 0 Å². The Labute approximate surface area is 108 Å². The Hall–Kier alpha value is -2.46. The summed E-state index contributed by atoms with van der Waals surface area (Å²) in [6, 6.07) is 20.1. The maximum absolute atomic E-state index is 3.29. The predicted molar refractivity (Wildman–Crippen MR) is 77.4 cm³/mol. The highest BCUT2D eigenvalue weighted by Gasteiger charge is 1.84. The summed E-state index contributed by atoms with van der Waals surface area (Å²) in [5.74, 6) is 6.10. The molecule has 1 nitrogen and oxygen atoms in total. The van der Waals surface area contributed by atoms with E-state index in [0.717, 1.165) is 17.8 Å². The van der Waals surface area contributed by atoms with Gasteiger partial charge in [0.2, 0.25) is 0 Å². The fraction of sp³-hybridized carbons (Fsp3) is 0.0588. The van der Waals surface area contributed by atoms with Gasteiger partial charge in [-0.1, -0.05) is 54.3 Å². The summed E-state index contributed by atoms with van der Waals surface area (Å²) in [5, 5.41) is 3.29. The van der Waals surface area contributed by atoms with E-state index in [1.165, 1.54) is 0 Å². The average Bonchev–Trinajstić information content (AvgIpc) is 2.45. The highest BCUT2D eigenvalue weighted by Crippen LogP contribution is 2.03. The van der Waals surface area contributed by atoms with E-state index in [0.29, 0.717) is 0 Å². The molecule has 0 radical (unpaired) electrons. The normalized spacial score (nSPS) is 9.78. The van der Waals surface area contributed by atoms with Crippen LogP contribution in [0.1, 0.15) is 5.56 Å². The van der Waals surface area contributed by atoms with E-state index in [2.05, 4.69) is 17.2 Å². The van der Waals surface area contributed by atoms with Gasteiger partial charge in [-0.3, -0.25) is 0 Å². The Bertz CT molecular complexity index is 544. The topological polar surface area (TPSA) is 12.0 Å². The van der Waals surface area contributed by atoms with Crippen LogP contribution in [0.15, 0.2) is 72.8 Å². The molecule has 2 aromatic rings. The third-order valence-corrected chi connectivity index (χ3v) is 2.39. The summed E-state index contributed by atoms with van der Waals surface area (Å²) in [5.41, 5.74) is 2.16. The van der Waals surface area contributed by atoms with E-state index in [9.17, 15) is 0 Å². The molecule has 2 rings (SSSR count). The van der Waals surface area contributed by atoms with Gasteiger partial charge in [-0.25, -0.2) is 0 Å². The lowest BCUT2D eigenvalue weighted by atomic mass is 10.2. The van der Waals surface area contributed by atoms with Crippen LogP contribution >= 0.6 is 0 Å². The molecular formula is C17H15N. The zero-order chi connectivity index (χ0) is 12.5. The minimum absolute atomic E-state index is 0.785. The minimum Gasteiger partial charge on any atom is -0.382 e. The fourth-order valence-corrected chi connectivity index (χ4v) is 1.50. The number of nitrogens with one attached hydrogen (secondary N) is 1. The van der Waals surface area contributed by atoms with Crippen molar-refractivity contribution in [2.24, 2.45) is 0 Å². The Morgan fingerprint density at radius 1 is 0.889 bits per heavy atom. The first kappa shape index (κ1) is 12.0. The number of benzene rings is 2. The largest absolute Gasteiger partial charge is 0.382 e. The zero-order valence-electron chi connectivity index (χ0n) is 10.1. The van der Waals surface area contributed by atoms with Crippen LogP contribution in [-0.4, -0.2) is 6.54 Å². The van der Waals surface area contributed by atoms with Gasteiger partial charge in [-0.2, -0.15) is 0 Å². The van der Waals surface area contributed by atoms with Gasteiger partial charge in [-0.15, -0.1) is 0 Å². The number of hydrogen-bond donors (Lipinski definition) is 1. The Kier molecular flexibility index (Phi) is 4.66. The van der Waals surface area contributed by atoms with Crippen LogP contribution in [0.3, 0.4) is 0 Å². The molecule has 0 aliphatic rings. The second kappa shape index (κ2) is 6.98. The molecule has 1 heteroatoms. The number of hydrogen-bond acceptors (Lipinski definition) is 1. The van der Waals surface area contributed by atoms with Gasteiger partial charge in [0, 0.05) is 17.8 Å². The SMILES string of the molecule is C(#Cc1ccccc1)/C=C/CNc1ccccc1. The molecule has 0 spiro atoms. The molecule has 0 aliphatic heterocycles. The Morgan fingerprint density at radius 2 is 1.56 bits per heavy atom. The third kappa shape index (κ3) is 4.19. The maximum Gasteiger partial charge on any atom is 0.0342 e. The standard InChI is InChI=1S/C17H15N/c1-4-10-16(11-5-1)12-6-3-9-15-18-17-13-7-2-8-14-17/h1-5,7-11,13-14,18H,15H2/b9-3+. The first-order valence-corrected chi connectivity index (χ1v) is 5.96. The minimum atomic E-state index is 0.785. The second-order valence-corrected chi connectivity index (χ2v) is 3.78. The van der Waals surface area contributed by atoms with Crippen molar-refractivity contribution in [3.63, 3.8) is 0 Å². The van der Waals surface area contributed by atoms with E-state index in [-0.39, 0.29) is 0 Å². The van der Waals surface area contributed by atoms with Gasteiger partial charge in [0.25, 0.3) is 0 Å². The lowest BCUT2D eigenvalue weighted by molar-refractivity contribution is 1.34. The second-order valence-electron chi connectivity index (χ2n) is 3.78.